The summed E-state index contributed by atoms with van der Waals surface area (Å²) in [6.45, 7) is 0.793. The molecule has 7 aromatic rings. The van der Waals surface area contributed by atoms with Crippen LogP contribution in [0.1, 0.15) is 5.56 Å². The molecule has 2 aliphatic heterocycles. The van der Waals surface area contributed by atoms with E-state index in [2.05, 4.69) is 106 Å². The van der Waals surface area contributed by atoms with Gasteiger partial charge in [-0.25, -0.2) is 0 Å². The Morgan fingerprint density at radius 2 is 1.27 bits per heavy atom. The van der Waals surface area contributed by atoms with E-state index in [1.807, 2.05) is 55.0 Å². The van der Waals surface area contributed by atoms with Gasteiger partial charge in [-0.1, -0.05) is 66.7 Å². The average Bonchev–Trinajstić information content (AvgIpc) is 3.44. The number of dihydropyridines is 1. The topological polar surface area (TPSA) is 48.3 Å². The highest BCUT2D eigenvalue weighted by atomic mass is 16.5. The molecule has 2 aliphatic rings. The number of rotatable bonds is 2. The zero-order valence-corrected chi connectivity index (χ0v) is 24.3. The van der Waals surface area contributed by atoms with Gasteiger partial charge in [0.1, 0.15) is 23.0 Å². The quantitative estimate of drug-likeness (QED) is 0.221. The van der Waals surface area contributed by atoms with Gasteiger partial charge in [-0.2, -0.15) is 0 Å². The summed E-state index contributed by atoms with van der Waals surface area (Å²) in [4.78, 5) is 4.43. The molecular weight excluding hydrogens is 554 g/mol. The minimum absolute atomic E-state index is 0.748. The van der Waals surface area contributed by atoms with Crippen LogP contribution < -0.4 is 14.8 Å². The second-order valence-corrected chi connectivity index (χ2v) is 11.2. The Labute approximate surface area is 260 Å². The Kier molecular flexibility index (Phi) is 5.81. The number of nitrogens with zero attached hydrogens (tertiary/aromatic N) is 2. The first kappa shape index (κ1) is 25.4. The van der Waals surface area contributed by atoms with Crippen molar-refractivity contribution in [2.24, 2.45) is 0 Å². The minimum atomic E-state index is 0.748. The number of ether oxygens (including phenoxy) is 2. The monoisotopic (exact) mass is 581 g/mol. The van der Waals surface area contributed by atoms with Crippen LogP contribution in [-0.2, 0) is 0 Å². The number of allylic oxidation sites excluding steroid dienone is 2. The molecular formula is C40H27N3O2. The largest absolute Gasteiger partial charge is 0.456 e. The van der Waals surface area contributed by atoms with Crippen molar-refractivity contribution in [3.8, 4) is 50.9 Å². The predicted octanol–water partition coefficient (Wildman–Crippen LogP) is 9.91. The van der Waals surface area contributed by atoms with E-state index in [0.717, 1.165) is 90.4 Å². The van der Waals surface area contributed by atoms with Crippen LogP contribution in [0.25, 0.3) is 55.3 Å². The van der Waals surface area contributed by atoms with E-state index in [1.165, 1.54) is 0 Å². The highest BCUT2D eigenvalue weighted by molar-refractivity contribution is 6.08. The molecule has 0 saturated carbocycles. The summed E-state index contributed by atoms with van der Waals surface area (Å²) in [5, 5.41) is 5.52. The lowest BCUT2D eigenvalue weighted by Crippen LogP contribution is -2.08. The third kappa shape index (κ3) is 4.20. The highest BCUT2D eigenvalue weighted by Gasteiger charge is 2.22. The van der Waals surface area contributed by atoms with Gasteiger partial charge in [0.2, 0.25) is 0 Å². The number of hydrogen-bond acceptors (Lipinski definition) is 4. The third-order valence-corrected chi connectivity index (χ3v) is 8.63. The maximum absolute atomic E-state index is 6.93. The molecule has 0 fully saturated rings. The lowest BCUT2D eigenvalue weighted by molar-refractivity contribution is 0.472. The second-order valence-electron chi connectivity index (χ2n) is 11.2. The summed E-state index contributed by atoms with van der Waals surface area (Å²) >= 11 is 0. The average molecular weight is 582 g/mol. The SMILES string of the molecule is C1=CC(c2ccc3c(c2)Oc2ccccc2-c2ccccc2Oc2cc(-n4c5ccccc5c5cnccc54)ccc2-3)=CCN1. The van der Waals surface area contributed by atoms with E-state index in [-0.39, 0.29) is 0 Å². The van der Waals surface area contributed by atoms with Gasteiger partial charge in [0, 0.05) is 63.7 Å². The van der Waals surface area contributed by atoms with Gasteiger partial charge in [-0.3, -0.25) is 4.98 Å². The molecule has 0 saturated heterocycles. The molecule has 0 amide bonds. The summed E-state index contributed by atoms with van der Waals surface area (Å²) in [5.41, 5.74) is 9.32. The van der Waals surface area contributed by atoms with Crippen molar-refractivity contribution < 1.29 is 9.47 Å². The zero-order valence-electron chi connectivity index (χ0n) is 24.3. The van der Waals surface area contributed by atoms with Crippen molar-refractivity contribution in [2.45, 2.75) is 0 Å². The molecule has 5 aromatic carbocycles. The number of nitrogens with one attached hydrogen (secondary N) is 1. The van der Waals surface area contributed by atoms with Crippen LogP contribution in [0.5, 0.6) is 23.0 Å². The van der Waals surface area contributed by atoms with Gasteiger partial charge >= 0.3 is 0 Å². The molecule has 1 N–H and O–H groups in total. The van der Waals surface area contributed by atoms with Crippen LogP contribution in [0.4, 0.5) is 0 Å². The van der Waals surface area contributed by atoms with Crippen LogP contribution >= 0.6 is 0 Å². The first-order chi connectivity index (χ1) is 22.3. The Hall–Kier alpha value is -6.07. The van der Waals surface area contributed by atoms with E-state index < -0.39 is 0 Å². The normalized spacial score (nSPS) is 13.4. The van der Waals surface area contributed by atoms with Gasteiger partial charge in [-0.05, 0) is 71.9 Å². The maximum atomic E-state index is 6.93. The molecule has 0 atom stereocenters. The Balaban J connectivity index is 1.30. The number of fused-ring (bicyclic) bond motifs is 9. The Morgan fingerprint density at radius 1 is 0.600 bits per heavy atom. The highest BCUT2D eigenvalue weighted by Crippen LogP contribution is 2.48. The molecule has 5 heteroatoms. The van der Waals surface area contributed by atoms with Crippen molar-refractivity contribution in [1.82, 2.24) is 14.9 Å². The molecule has 5 nitrogen and oxygen atoms in total. The summed E-state index contributed by atoms with van der Waals surface area (Å²) in [5.74, 6) is 3.06. The standard InChI is InChI=1S/C40H27N3O2/c1-4-10-35-29(7-1)34-25-42-22-19-36(34)43(35)28-14-16-33-32-15-13-27(26-17-20-41-21-18-26)23-39(32)44-37-11-5-2-8-30(37)31-9-3-6-12-38(31)45-40(33)24-28/h1-20,22-25,41H,21H2. The summed E-state index contributed by atoms with van der Waals surface area (Å²) in [6.07, 6.45) is 10.1. The summed E-state index contributed by atoms with van der Waals surface area (Å²) in [7, 11) is 0. The van der Waals surface area contributed by atoms with Gasteiger partial charge in [-0.15, -0.1) is 0 Å². The number of hydrogen-bond donors (Lipinski definition) is 1. The van der Waals surface area contributed by atoms with Crippen molar-refractivity contribution in [3.63, 3.8) is 0 Å². The van der Waals surface area contributed by atoms with Gasteiger partial charge in [0.05, 0.1) is 11.0 Å². The van der Waals surface area contributed by atoms with Gasteiger partial charge in [0.15, 0.2) is 0 Å². The lowest BCUT2D eigenvalue weighted by atomic mass is 9.96. The lowest BCUT2D eigenvalue weighted by Gasteiger charge is -2.22. The molecule has 2 aromatic heterocycles. The van der Waals surface area contributed by atoms with Crippen LogP contribution in [-0.4, -0.2) is 16.1 Å². The molecule has 9 rings (SSSR count). The van der Waals surface area contributed by atoms with E-state index in [1.54, 1.807) is 0 Å². The fourth-order valence-electron chi connectivity index (χ4n) is 6.52. The van der Waals surface area contributed by atoms with Crippen LogP contribution in [0.3, 0.4) is 0 Å². The first-order valence-corrected chi connectivity index (χ1v) is 15.1. The number of para-hydroxylation sites is 3. The second kappa shape index (κ2) is 10.3. The molecule has 0 bridgehead atoms. The van der Waals surface area contributed by atoms with Crippen LogP contribution in [0, 0.1) is 0 Å². The van der Waals surface area contributed by atoms with E-state index in [9.17, 15) is 0 Å². The fraction of sp³-hybridized carbons (Fsp3) is 0.0250. The van der Waals surface area contributed by atoms with Crippen molar-refractivity contribution >= 4 is 27.4 Å². The third-order valence-electron chi connectivity index (χ3n) is 8.63. The number of benzene rings is 5. The molecule has 214 valence electrons. The molecule has 0 radical (unpaired) electrons. The Morgan fingerprint density at radius 3 is 2.04 bits per heavy atom. The maximum Gasteiger partial charge on any atom is 0.137 e. The predicted molar refractivity (Wildman–Crippen MR) is 181 cm³/mol. The van der Waals surface area contributed by atoms with Gasteiger partial charge < -0.3 is 19.4 Å². The van der Waals surface area contributed by atoms with Crippen molar-refractivity contribution in [2.75, 3.05) is 6.54 Å². The molecule has 0 unspecified atom stereocenters. The number of pyridine rings is 1. The molecule has 4 heterocycles. The molecule has 45 heavy (non-hydrogen) atoms. The van der Waals surface area contributed by atoms with Crippen LogP contribution in [0.15, 0.2) is 146 Å². The zero-order chi connectivity index (χ0) is 29.7. The van der Waals surface area contributed by atoms with E-state index in [0.29, 0.717) is 0 Å². The number of aromatic nitrogens is 2. The van der Waals surface area contributed by atoms with E-state index >= 15 is 0 Å². The van der Waals surface area contributed by atoms with Crippen molar-refractivity contribution in [3.05, 3.63) is 152 Å². The Bertz CT molecular complexity index is 2290. The fourth-order valence-corrected chi connectivity index (χ4v) is 6.52. The summed E-state index contributed by atoms with van der Waals surface area (Å²) in [6, 6.07) is 39.7. The summed E-state index contributed by atoms with van der Waals surface area (Å²) < 4.78 is 16.1. The van der Waals surface area contributed by atoms with E-state index in [4.69, 9.17) is 9.47 Å². The van der Waals surface area contributed by atoms with Crippen LogP contribution in [0.2, 0.25) is 0 Å². The smallest absolute Gasteiger partial charge is 0.137 e. The molecule has 0 spiro atoms. The minimum Gasteiger partial charge on any atom is -0.456 e. The van der Waals surface area contributed by atoms with Gasteiger partial charge in [0.25, 0.3) is 0 Å². The first-order valence-electron chi connectivity index (χ1n) is 15.1. The molecule has 0 aliphatic carbocycles. The van der Waals surface area contributed by atoms with Crippen molar-refractivity contribution in [1.29, 1.82) is 0 Å².